The lowest BCUT2D eigenvalue weighted by atomic mass is 10.1. The summed E-state index contributed by atoms with van der Waals surface area (Å²) in [5, 5.41) is 12.0. The number of anilines is 2. The molecule has 0 radical (unpaired) electrons. The van der Waals surface area contributed by atoms with Crippen molar-refractivity contribution in [2.24, 2.45) is 0 Å². The zero-order chi connectivity index (χ0) is 14.5. The SMILES string of the molecule is CC(=O)Nc1ccc(NC(=O)C2CNC(C)CN2)cc1. The number of hydrogen-bond acceptors (Lipinski definition) is 4. The van der Waals surface area contributed by atoms with Crippen molar-refractivity contribution < 1.29 is 9.59 Å². The van der Waals surface area contributed by atoms with Crippen LogP contribution in [0, 0.1) is 0 Å². The third-order valence-electron chi connectivity index (χ3n) is 3.13. The van der Waals surface area contributed by atoms with E-state index in [2.05, 4.69) is 28.2 Å². The van der Waals surface area contributed by atoms with Crippen LogP contribution in [0.2, 0.25) is 0 Å². The topological polar surface area (TPSA) is 82.3 Å². The molecule has 2 unspecified atom stereocenters. The number of benzene rings is 1. The minimum atomic E-state index is -0.221. The Morgan fingerprint density at radius 1 is 1.05 bits per heavy atom. The molecule has 1 heterocycles. The molecule has 1 aromatic rings. The molecule has 6 nitrogen and oxygen atoms in total. The molecule has 0 saturated carbocycles. The molecule has 2 atom stereocenters. The van der Waals surface area contributed by atoms with Crippen LogP contribution < -0.4 is 21.3 Å². The number of amides is 2. The Morgan fingerprint density at radius 2 is 1.65 bits per heavy atom. The van der Waals surface area contributed by atoms with Crippen LogP contribution in [-0.4, -0.2) is 37.0 Å². The molecular weight excluding hydrogens is 256 g/mol. The Morgan fingerprint density at radius 3 is 2.15 bits per heavy atom. The normalized spacial score (nSPS) is 22.1. The highest BCUT2D eigenvalue weighted by Crippen LogP contribution is 2.13. The monoisotopic (exact) mass is 276 g/mol. The molecule has 0 aliphatic carbocycles. The first kappa shape index (κ1) is 14.5. The number of hydrogen-bond donors (Lipinski definition) is 4. The number of rotatable bonds is 3. The maximum Gasteiger partial charge on any atom is 0.242 e. The van der Waals surface area contributed by atoms with Gasteiger partial charge in [-0.1, -0.05) is 0 Å². The van der Waals surface area contributed by atoms with Crippen LogP contribution >= 0.6 is 0 Å². The Labute approximate surface area is 118 Å². The fourth-order valence-corrected chi connectivity index (χ4v) is 2.04. The van der Waals surface area contributed by atoms with Gasteiger partial charge < -0.3 is 21.3 Å². The molecule has 0 bridgehead atoms. The zero-order valence-corrected chi connectivity index (χ0v) is 11.7. The first-order valence-electron chi connectivity index (χ1n) is 6.70. The highest BCUT2D eigenvalue weighted by Gasteiger charge is 2.23. The highest BCUT2D eigenvalue weighted by molar-refractivity contribution is 5.95. The van der Waals surface area contributed by atoms with Gasteiger partial charge in [0.1, 0.15) is 0 Å². The summed E-state index contributed by atoms with van der Waals surface area (Å²) >= 11 is 0. The standard InChI is InChI=1S/C14H20N4O2/c1-9-7-16-13(8-15-9)14(20)18-12-5-3-11(4-6-12)17-10(2)19/h3-6,9,13,15-16H,7-8H2,1-2H3,(H,17,19)(H,18,20). The Kier molecular flexibility index (Phi) is 4.70. The molecule has 1 fully saturated rings. The predicted octanol–water partition coefficient (Wildman–Crippen LogP) is 0.533. The Hall–Kier alpha value is -1.92. The summed E-state index contributed by atoms with van der Waals surface area (Å²) < 4.78 is 0. The molecule has 1 aliphatic heterocycles. The quantitative estimate of drug-likeness (QED) is 0.649. The minimum Gasteiger partial charge on any atom is -0.326 e. The molecule has 1 aromatic carbocycles. The Bertz CT molecular complexity index is 478. The third kappa shape index (κ3) is 4.04. The lowest BCUT2D eigenvalue weighted by molar-refractivity contribution is -0.118. The first-order valence-corrected chi connectivity index (χ1v) is 6.70. The highest BCUT2D eigenvalue weighted by atomic mass is 16.2. The second-order valence-electron chi connectivity index (χ2n) is 5.02. The average Bonchev–Trinajstić information content (AvgIpc) is 2.41. The second-order valence-corrected chi connectivity index (χ2v) is 5.02. The zero-order valence-electron chi connectivity index (χ0n) is 11.7. The summed E-state index contributed by atoms with van der Waals surface area (Å²) in [5.74, 6) is -0.176. The molecule has 6 heteroatoms. The van der Waals surface area contributed by atoms with Crippen LogP contribution in [0.3, 0.4) is 0 Å². The van der Waals surface area contributed by atoms with Crippen molar-refractivity contribution in [1.29, 1.82) is 0 Å². The minimum absolute atomic E-state index is 0.0586. The van der Waals surface area contributed by atoms with Gasteiger partial charge in [-0.3, -0.25) is 9.59 Å². The van der Waals surface area contributed by atoms with Crippen LogP contribution in [0.5, 0.6) is 0 Å². The molecule has 0 aromatic heterocycles. The van der Waals surface area contributed by atoms with E-state index in [1.54, 1.807) is 24.3 Å². The molecule has 108 valence electrons. The first-order chi connectivity index (χ1) is 9.54. The van der Waals surface area contributed by atoms with Crippen LogP contribution in [0.25, 0.3) is 0 Å². The molecule has 2 rings (SSSR count). The van der Waals surface area contributed by atoms with Crippen molar-refractivity contribution in [2.75, 3.05) is 23.7 Å². The van der Waals surface area contributed by atoms with E-state index in [0.29, 0.717) is 24.0 Å². The van der Waals surface area contributed by atoms with Crippen LogP contribution in [0.1, 0.15) is 13.8 Å². The van der Waals surface area contributed by atoms with Gasteiger partial charge in [-0.15, -0.1) is 0 Å². The summed E-state index contributed by atoms with van der Waals surface area (Å²) in [5.41, 5.74) is 1.42. The lowest BCUT2D eigenvalue weighted by Crippen LogP contribution is -2.57. The summed E-state index contributed by atoms with van der Waals surface area (Å²) in [4.78, 5) is 23.0. The maximum atomic E-state index is 12.1. The van der Waals surface area contributed by atoms with Gasteiger partial charge in [0.25, 0.3) is 0 Å². The van der Waals surface area contributed by atoms with Crippen molar-refractivity contribution in [2.45, 2.75) is 25.9 Å². The van der Waals surface area contributed by atoms with E-state index in [1.165, 1.54) is 6.92 Å². The van der Waals surface area contributed by atoms with E-state index < -0.39 is 0 Å². The fraction of sp³-hybridized carbons (Fsp3) is 0.429. The van der Waals surface area contributed by atoms with Crippen molar-refractivity contribution in [3.63, 3.8) is 0 Å². The van der Waals surface area contributed by atoms with E-state index in [0.717, 1.165) is 6.54 Å². The number of carbonyl (C=O) groups is 2. The van der Waals surface area contributed by atoms with Crippen molar-refractivity contribution in [1.82, 2.24) is 10.6 Å². The van der Waals surface area contributed by atoms with Crippen molar-refractivity contribution >= 4 is 23.2 Å². The summed E-state index contributed by atoms with van der Waals surface area (Å²) in [6.45, 7) is 4.93. The van der Waals surface area contributed by atoms with E-state index in [4.69, 9.17) is 0 Å². The van der Waals surface area contributed by atoms with E-state index >= 15 is 0 Å². The van der Waals surface area contributed by atoms with E-state index in [9.17, 15) is 9.59 Å². The summed E-state index contributed by atoms with van der Waals surface area (Å²) in [7, 11) is 0. The van der Waals surface area contributed by atoms with E-state index in [1.807, 2.05) is 0 Å². The van der Waals surface area contributed by atoms with Crippen molar-refractivity contribution in [3.05, 3.63) is 24.3 Å². The van der Waals surface area contributed by atoms with Crippen molar-refractivity contribution in [3.8, 4) is 0 Å². The predicted molar refractivity (Wildman–Crippen MR) is 78.6 cm³/mol. The average molecular weight is 276 g/mol. The fourth-order valence-electron chi connectivity index (χ4n) is 2.04. The van der Waals surface area contributed by atoms with Gasteiger partial charge in [-0.05, 0) is 31.2 Å². The summed E-state index contributed by atoms with van der Waals surface area (Å²) in [6, 6.07) is 7.21. The van der Waals surface area contributed by atoms with Gasteiger partial charge in [0.2, 0.25) is 11.8 Å². The molecule has 2 amide bonds. The third-order valence-corrected chi connectivity index (χ3v) is 3.13. The second kappa shape index (κ2) is 6.49. The molecular formula is C14H20N4O2. The van der Waals surface area contributed by atoms with E-state index in [-0.39, 0.29) is 17.9 Å². The van der Waals surface area contributed by atoms with Crippen LogP contribution in [-0.2, 0) is 9.59 Å². The molecule has 20 heavy (non-hydrogen) atoms. The number of piperazine rings is 1. The molecule has 4 N–H and O–H groups in total. The van der Waals surface area contributed by atoms with Gasteiger partial charge >= 0.3 is 0 Å². The molecule has 0 spiro atoms. The smallest absolute Gasteiger partial charge is 0.242 e. The number of nitrogens with one attached hydrogen (secondary N) is 4. The lowest BCUT2D eigenvalue weighted by Gasteiger charge is -2.28. The molecule has 1 aliphatic rings. The Balaban J connectivity index is 1.89. The maximum absolute atomic E-state index is 12.1. The van der Waals surface area contributed by atoms with Crippen LogP contribution in [0.4, 0.5) is 11.4 Å². The van der Waals surface area contributed by atoms with Gasteiger partial charge in [0.05, 0.1) is 6.04 Å². The van der Waals surface area contributed by atoms with Crippen LogP contribution in [0.15, 0.2) is 24.3 Å². The van der Waals surface area contributed by atoms with Gasteiger partial charge in [0.15, 0.2) is 0 Å². The summed E-state index contributed by atoms with van der Waals surface area (Å²) in [6.07, 6.45) is 0. The van der Waals surface area contributed by atoms with Gasteiger partial charge in [0, 0.05) is 37.4 Å². The largest absolute Gasteiger partial charge is 0.326 e. The van der Waals surface area contributed by atoms with Gasteiger partial charge in [-0.25, -0.2) is 0 Å². The van der Waals surface area contributed by atoms with Gasteiger partial charge in [-0.2, -0.15) is 0 Å². The number of carbonyl (C=O) groups excluding carboxylic acids is 2. The molecule has 1 saturated heterocycles.